The molecule has 0 bridgehead atoms. The first-order valence-corrected chi connectivity index (χ1v) is 12.6. The zero-order chi connectivity index (χ0) is 24.3. The molecule has 5 heterocycles. The molecule has 0 amide bonds. The van der Waals surface area contributed by atoms with Crippen LogP contribution in [0.5, 0.6) is 0 Å². The van der Waals surface area contributed by atoms with Crippen molar-refractivity contribution in [2.45, 2.75) is 38.1 Å². The Hall–Kier alpha value is -4.03. The average Bonchev–Trinajstić information content (AvgIpc) is 3.47. The second-order valence-corrected chi connectivity index (χ2v) is 10.2. The summed E-state index contributed by atoms with van der Waals surface area (Å²) in [7, 11) is 0. The number of piperidine rings is 1. The Morgan fingerprint density at radius 1 is 1.14 bits per heavy atom. The first-order valence-electron chi connectivity index (χ1n) is 12.6. The van der Waals surface area contributed by atoms with E-state index in [1.165, 1.54) is 5.56 Å². The molecule has 3 aliphatic rings. The van der Waals surface area contributed by atoms with Crippen LogP contribution in [0.25, 0.3) is 11.2 Å². The number of nitrogens with two attached hydrogens (primary N) is 1. The number of benzene rings is 1. The van der Waals surface area contributed by atoms with Crippen molar-refractivity contribution in [2.24, 2.45) is 11.1 Å². The Labute approximate surface area is 209 Å². The van der Waals surface area contributed by atoms with Crippen molar-refractivity contribution in [1.82, 2.24) is 25.1 Å². The number of aromatic nitrogens is 5. The molecule has 180 valence electrons. The lowest BCUT2D eigenvalue weighted by molar-refractivity contribution is 0.187. The molecule has 1 aliphatic carbocycles. The fourth-order valence-electron chi connectivity index (χ4n) is 6.34. The number of rotatable bonds is 2. The second-order valence-electron chi connectivity index (χ2n) is 10.2. The van der Waals surface area contributed by atoms with E-state index in [0.717, 1.165) is 85.8 Å². The van der Waals surface area contributed by atoms with E-state index in [1.54, 1.807) is 0 Å². The summed E-state index contributed by atoms with van der Waals surface area (Å²) in [6.45, 7) is 2.63. The summed E-state index contributed by atoms with van der Waals surface area (Å²) in [5.74, 6) is 1.67. The number of hydrogen-bond donors (Lipinski definition) is 2. The monoisotopic (exact) mass is 477 g/mol. The predicted molar refractivity (Wildman–Crippen MR) is 137 cm³/mol. The highest BCUT2D eigenvalue weighted by Crippen LogP contribution is 2.51. The number of nitrogens with zero attached hydrogens (tertiary/aromatic N) is 7. The molecule has 0 saturated carbocycles. The number of H-pyrrole nitrogens is 1. The van der Waals surface area contributed by atoms with Crippen LogP contribution in [0, 0.1) is 16.7 Å². The minimum atomic E-state index is -0.0337. The molecule has 36 heavy (non-hydrogen) atoms. The third-order valence-electron chi connectivity index (χ3n) is 8.34. The van der Waals surface area contributed by atoms with Gasteiger partial charge in [-0.3, -0.25) is 10.1 Å². The van der Waals surface area contributed by atoms with Gasteiger partial charge < -0.3 is 15.5 Å². The normalized spacial score (nSPS) is 20.4. The zero-order valence-corrected chi connectivity index (χ0v) is 20.0. The fourth-order valence-corrected chi connectivity index (χ4v) is 6.34. The molecule has 1 saturated heterocycles. The first kappa shape index (κ1) is 21.3. The van der Waals surface area contributed by atoms with Crippen LogP contribution in [-0.4, -0.2) is 44.8 Å². The van der Waals surface area contributed by atoms with Crippen LogP contribution in [0.4, 0.5) is 17.3 Å². The van der Waals surface area contributed by atoms with Gasteiger partial charge in [0.05, 0.1) is 29.2 Å². The van der Waals surface area contributed by atoms with Crippen LogP contribution >= 0.6 is 0 Å². The van der Waals surface area contributed by atoms with E-state index in [0.29, 0.717) is 11.2 Å². The quantitative estimate of drug-likeness (QED) is 0.449. The number of fused-ring (bicyclic) bond motifs is 3. The minimum absolute atomic E-state index is 0.0337. The van der Waals surface area contributed by atoms with Crippen molar-refractivity contribution >= 4 is 28.5 Å². The molecular formula is C27H27N9. The van der Waals surface area contributed by atoms with Gasteiger partial charge in [-0.05, 0) is 72.9 Å². The van der Waals surface area contributed by atoms with E-state index in [2.05, 4.69) is 43.2 Å². The number of anilines is 3. The molecule has 9 nitrogen and oxygen atoms in total. The van der Waals surface area contributed by atoms with Crippen LogP contribution in [0.15, 0.2) is 42.7 Å². The molecule has 1 atom stereocenters. The number of hydrogen-bond acceptors (Lipinski definition) is 8. The van der Waals surface area contributed by atoms with Crippen molar-refractivity contribution < 1.29 is 0 Å². The van der Waals surface area contributed by atoms with Gasteiger partial charge in [-0.2, -0.15) is 10.4 Å². The summed E-state index contributed by atoms with van der Waals surface area (Å²) >= 11 is 0. The number of nitriles is 1. The molecule has 1 fully saturated rings. The van der Waals surface area contributed by atoms with Crippen molar-refractivity contribution in [1.29, 1.82) is 5.26 Å². The Balaban J connectivity index is 1.12. The summed E-state index contributed by atoms with van der Waals surface area (Å²) in [4.78, 5) is 18.7. The van der Waals surface area contributed by atoms with Gasteiger partial charge in [0.2, 0.25) is 0 Å². The smallest absolute Gasteiger partial charge is 0.183 e. The highest BCUT2D eigenvalue weighted by Gasteiger charge is 2.46. The van der Waals surface area contributed by atoms with Gasteiger partial charge in [-0.25, -0.2) is 9.97 Å². The Morgan fingerprint density at radius 2 is 2.03 bits per heavy atom. The lowest BCUT2D eigenvalue weighted by Gasteiger charge is -2.42. The maximum atomic E-state index is 9.29. The third kappa shape index (κ3) is 3.18. The van der Waals surface area contributed by atoms with Gasteiger partial charge in [0.25, 0.3) is 0 Å². The molecule has 3 N–H and O–H groups in total. The van der Waals surface area contributed by atoms with E-state index < -0.39 is 0 Å². The second kappa shape index (κ2) is 8.00. The first-order chi connectivity index (χ1) is 17.6. The Morgan fingerprint density at radius 3 is 2.89 bits per heavy atom. The van der Waals surface area contributed by atoms with E-state index in [9.17, 15) is 5.26 Å². The van der Waals surface area contributed by atoms with Crippen molar-refractivity contribution in [3.63, 3.8) is 0 Å². The largest absolute Gasteiger partial charge is 0.355 e. The molecule has 4 aromatic rings. The maximum absolute atomic E-state index is 9.29. The van der Waals surface area contributed by atoms with Crippen molar-refractivity contribution in [2.75, 3.05) is 29.4 Å². The highest BCUT2D eigenvalue weighted by atomic mass is 15.3. The number of pyridine rings is 1. The van der Waals surface area contributed by atoms with Gasteiger partial charge in [0.15, 0.2) is 17.0 Å². The van der Waals surface area contributed by atoms with Crippen LogP contribution in [0.1, 0.15) is 47.7 Å². The number of nitrogens with one attached hydrogen (secondary N) is 1. The molecule has 1 aromatic carbocycles. The van der Waals surface area contributed by atoms with E-state index >= 15 is 0 Å². The fraction of sp³-hybridized carbons (Fsp3) is 0.370. The van der Waals surface area contributed by atoms with Gasteiger partial charge in [0, 0.05) is 31.9 Å². The van der Waals surface area contributed by atoms with Gasteiger partial charge in [-0.1, -0.05) is 6.07 Å². The lowest BCUT2D eigenvalue weighted by Crippen LogP contribution is -2.44. The van der Waals surface area contributed by atoms with E-state index in [-0.39, 0.29) is 11.5 Å². The molecule has 1 spiro atoms. The Kier molecular flexibility index (Phi) is 4.73. The van der Waals surface area contributed by atoms with Gasteiger partial charge >= 0.3 is 0 Å². The molecule has 0 unspecified atom stereocenters. The molecule has 7 rings (SSSR count). The van der Waals surface area contributed by atoms with Crippen LogP contribution in [0.3, 0.4) is 0 Å². The van der Waals surface area contributed by atoms with Crippen LogP contribution in [0.2, 0.25) is 0 Å². The molecule has 2 aliphatic heterocycles. The summed E-state index contributed by atoms with van der Waals surface area (Å²) < 4.78 is 0. The highest BCUT2D eigenvalue weighted by molar-refractivity contribution is 5.87. The zero-order valence-electron chi connectivity index (χ0n) is 20.0. The van der Waals surface area contributed by atoms with E-state index in [4.69, 9.17) is 15.7 Å². The number of aryl methyl sites for hydroxylation is 1. The Bertz CT molecular complexity index is 1510. The van der Waals surface area contributed by atoms with Gasteiger partial charge in [0.1, 0.15) is 5.82 Å². The van der Waals surface area contributed by atoms with Crippen LogP contribution in [-0.2, 0) is 12.8 Å². The van der Waals surface area contributed by atoms with Crippen LogP contribution < -0.4 is 15.5 Å². The summed E-state index contributed by atoms with van der Waals surface area (Å²) in [6.07, 6.45) is 8.67. The SMILES string of the molecule is N#Cc1ccc2c(c1)[C@@H](N)C1(CCN(c3cnc4c(N5CCCc6ncccc65)n[nH]c4n3)CC1)C2. The third-order valence-corrected chi connectivity index (χ3v) is 8.34. The minimum Gasteiger partial charge on any atom is -0.355 e. The van der Waals surface area contributed by atoms with Gasteiger partial charge in [-0.15, -0.1) is 0 Å². The van der Waals surface area contributed by atoms with E-state index in [1.807, 2.05) is 30.6 Å². The predicted octanol–water partition coefficient (Wildman–Crippen LogP) is 3.55. The summed E-state index contributed by atoms with van der Waals surface area (Å²) in [5, 5.41) is 17.0. The molecular weight excluding hydrogens is 450 g/mol. The molecule has 0 radical (unpaired) electrons. The topological polar surface area (TPSA) is 124 Å². The standard InChI is InChI=1S/C27H27N9/c28-15-17-5-6-18-14-27(24(29)19(18)13-17)7-11-35(12-8-27)22-16-31-23-25(32-22)33-34-26(23)36-10-2-3-20-21(36)4-1-9-30-20/h1,4-6,9,13,16,24H,2-3,7-8,10-12,14,29H2,(H,32,33,34)/t24-/m1/s1. The maximum Gasteiger partial charge on any atom is 0.183 e. The summed E-state index contributed by atoms with van der Waals surface area (Å²) in [6, 6.07) is 12.2. The lowest BCUT2D eigenvalue weighted by atomic mass is 9.73. The summed E-state index contributed by atoms with van der Waals surface area (Å²) in [5.41, 5.74) is 13.6. The number of aromatic amines is 1. The average molecular weight is 478 g/mol. The van der Waals surface area contributed by atoms with Crippen molar-refractivity contribution in [3.8, 4) is 6.07 Å². The van der Waals surface area contributed by atoms with Crippen molar-refractivity contribution in [3.05, 3.63) is 65.1 Å². The molecule has 9 heteroatoms. The molecule has 3 aromatic heterocycles.